The topological polar surface area (TPSA) is 77.0 Å². The van der Waals surface area contributed by atoms with Gasteiger partial charge in [-0.05, 0) is 24.4 Å². The first kappa shape index (κ1) is 22.0. The quantitative estimate of drug-likeness (QED) is 0.479. The maximum atomic E-state index is 12.4. The Balaban J connectivity index is 1.93. The highest BCUT2D eigenvalue weighted by Crippen LogP contribution is 2.29. The summed E-state index contributed by atoms with van der Waals surface area (Å²) in [7, 11) is 1.08. The van der Waals surface area contributed by atoms with Crippen molar-refractivity contribution < 1.29 is 23.1 Å². The van der Waals surface area contributed by atoms with E-state index in [1.807, 2.05) is 37.3 Å². The molecule has 0 fully saturated rings. The van der Waals surface area contributed by atoms with Gasteiger partial charge >= 0.3 is 6.18 Å². The predicted octanol–water partition coefficient (Wildman–Crippen LogP) is 2.51. The molecule has 154 valence electrons. The first-order valence-electron chi connectivity index (χ1n) is 8.69. The summed E-state index contributed by atoms with van der Waals surface area (Å²) in [5, 5.41) is 17.2. The summed E-state index contributed by atoms with van der Waals surface area (Å²) in [6.45, 7) is 0.705. The molecular formula is C18H23F3N4O2S. The maximum absolute atomic E-state index is 12.4. The van der Waals surface area contributed by atoms with E-state index in [0.717, 1.165) is 22.0 Å². The van der Waals surface area contributed by atoms with Gasteiger partial charge in [-0.3, -0.25) is 4.79 Å². The van der Waals surface area contributed by atoms with Crippen molar-refractivity contribution in [2.75, 3.05) is 33.2 Å². The van der Waals surface area contributed by atoms with Gasteiger partial charge in [0.1, 0.15) is 19.2 Å². The van der Waals surface area contributed by atoms with Gasteiger partial charge in [-0.2, -0.15) is 13.2 Å². The van der Waals surface area contributed by atoms with Crippen LogP contribution in [-0.2, 0) is 4.79 Å². The minimum atomic E-state index is -4.45. The molecule has 0 radical (unpaired) electrons. The number of nitrogens with zero attached hydrogens (tertiary/aromatic N) is 2. The van der Waals surface area contributed by atoms with Gasteiger partial charge in [0, 0.05) is 29.7 Å². The van der Waals surface area contributed by atoms with Crippen LogP contribution in [0.3, 0.4) is 0 Å². The van der Waals surface area contributed by atoms with Crippen LogP contribution in [-0.4, -0.2) is 61.3 Å². The molecule has 0 saturated heterocycles. The Bertz CT molecular complexity index is 790. The molecule has 1 amide bonds. The monoisotopic (exact) mass is 416 g/mol. The molecule has 10 heteroatoms. The third-order valence-electron chi connectivity index (χ3n) is 3.79. The van der Waals surface area contributed by atoms with Crippen LogP contribution in [0.5, 0.6) is 0 Å². The van der Waals surface area contributed by atoms with E-state index in [1.165, 1.54) is 11.3 Å². The van der Waals surface area contributed by atoms with Gasteiger partial charge < -0.3 is 20.6 Å². The molecule has 1 aromatic heterocycles. The van der Waals surface area contributed by atoms with E-state index in [1.54, 1.807) is 0 Å². The van der Waals surface area contributed by atoms with Crippen molar-refractivity contribution in [3.05, 3.63) is 35.2 Å². The molecule has 0 aliphatic heterocycles. The number of aliphatic hydroxyl groups excluding tert-OH is 1. The Labute approximate surface area is 165 Å². The molecule has 3 N–H and O–H groups in total. The van der Waals surface area contributed by atoms with E-state index in [2.05, 4.69) is 15.6 Å². The van der Waals surface area contributed by atoms with Gasteiger partial charge in [0.25, 0.3) is 0 Å². The van der Waals surface area contributed by atoms with E-state index >= 15 is 0 Å². The van der Waals surface area contributed by atoms with Crippen LogP contribution >= 0.6 is 11.3 Å². The Morgan fingerprint density at radius 3 is 2.68 bits per heavy atom. The minimum Gasteiger partial charge on any atom is -0.386 e. The summed E-state index contributed by atoms with van der Waals surface area (Å²) in [4.78, 5) is 17.2. The zero-order valence-electron chi connectivity index (χ0n) is 15.6. The van der Waals surface area contributed by atoms with Crippen LogP contribution in [0.2, 0.25) is 0 Å². The van der Waals surface area contributed by atoms with Crippen LogP contribution in [0.25, 0.3) is 10.1 Å². The smallest absolute Gasteiger partial charge is 0.386 e. The first-order chi connectivity index (χ1) is 13.2. The summed E-state index contributed by atoms with van der Waals surface area (Å²) >= 11 is 1.48. The number of thiophene rings is 1. The van der Waals surface area contributed by atoms with Gasteiger partial charge in [-0.25, -0.2) is 4.99 Å². The zero-order chi connectivity index (χ0) is 20.7. The Morgan fingerprint density at radius 2 is 2.04 bits per heavy atom. The predicted molar refractivity (Wildman–Crippen MR) is 104 cm³/mol. The van der Waals surface area contributed by atoms with Gasteiger partial charge in [0.15, 0.2) is 5.96 Å². The van der Waals surface area contributed by atoms with Crippen LogP contribution < -0.4 is 10.6 Å². The third kappa shape index (κ3) is 6.68. The lowest BCUT2D eigenvalue weighted by Crippen LogP contribution is -2.41. The number of hydrogen-bond acceptors (Lipinski definition) is 4. The normalized spacial score (nSPS) is 13.4. The molecule has 0 aliphatic carbocycles. The minimum absolute atomic E-state index is 0.144. The van der Waals surface area contributed by atoms with E-state index in [4.69, 9.17) is 0 Å². The van der Waals surface area contributed by atoms with Crippen LogP contribution in [0, 0.1) is 0 Å². The Kier molecular flexibility index (Phi) is 7.64. The van der Waals surface area contributed by atoms with Gasteiger partial charge in [-0.15, -0.1) is 11.3 Å². The lowest BCUT2D eigenvalue weighted by Gasteiger charge is -2.18. The van der Waals surface area contributed by atoms with Gasteiger partial charge in [0.2, 0.25) is 5.91 Å². The Morgan fingerprint density at radius 1 is 1.32 bits per heavy atom. The fourth-order valence-electron chi connectivity index (χ4n) is 2.43. The standard InChI is InChI=1S/C18H23F3N4O2S/c1-3-22-17(24-10-16(27)25(2)11-18(19,20)21)23-9-13(26)15-8-12-6-4-5-7-14(12)28-15/h4-8,13,26H,3,9-11H2,1-2H3,(H2,22,23,24). The molecule has 1 atom stereocenters. The van der Waals surface area contributed by atoms with Crippen LogP contribution in [0.4, 0.5) is 13.2 Å². The highest BCUT2D eigenvalue weighted by atomic mass is 32.1. The number of rotatable bonds is 7. The fraction of sp³-hybridized carbons (Fsp3) is 0.444. The largest absolute Gasteiger partial charge is 0.406 e. The van der Waals surface area contributed by atoms with E-state index in [9.17, 15) is 23.1 Å². The third-order valence-corrected chi connectivity index (χ3v) is 5.01. The average molecular weight is 416 g/mol. The van der Waals surface area contributed by atoms with Crippen molar-refractivity contribution in [1.29, 1.82) is 0 Å². The molecule has 2 aromatic rings. The van der Waals surface area contributed by atoms with Crippen LogP contribution in [0.15, 0.2) is 35.3 Å². The molecule has 0 saturated carbocycles. The van der Waals surface area contributed by atoms with E-state index in [-0.39, 0.29) is 12.5 Å². The molecule has 6 nitrogen and oxygen atoms in total. The number of carbonyl (C=O) groups is 1. The number of carbonyl (C=O) groups excluding carboxylic acids is 1. The van der Waals surface area contributed by atoms with Gasteiger partial charge in [0.05, 0.1) is 0 Å². The number of alkyl halides is 3. The van der Waals surface area contributed by atoms with Crippen molar-refractivity contribution in [1.82, 2.24) is 15.5 Å². The average Bonchev–Trinajstić information content (AvgIpc) is 3.06. The summed E-state index contributed by atoms with van der Waals surface area (Å²) in [6, 6.07) is 9.69. The molecule has 0 bridgehead atoms. The number of benzene rings is 1. The highest BCUT2D eigenvalue weighted by Gasteiger charge is 2.31. The summed E-state index contributed by atoms with van der Waals surface area (Å²) in [6.07, 6.45) is -5.24. The van der Waals surface area contributed by atoms with Crippen molar-refractivity contribution >= 4 is 33.3 Å². The fourth-order valence-corrected chi connectivity index (χ4v) is 3.48. The second kappa shape index (κ2) is 9.74. The molecule has 1 aromatic carbocycles. The molecule has 0 aliphatic rings. The van der Waals surface area contributed by atoms with Crippen molar-refractivity contribution in [3.63, 3.8) is 0 Å². The van der Waals surface area contributed by atoms with Crippen molar-refractivity contribution in [2.24, 2.45) is 4.99 Å². The number of likely N-dealkylation sites (N-methyl/N-ethyl adjacent to an activating group) is 1. The second-order valence-electron chi connectivity index (χ2n) is 6.14. The SMILES string of the molecule is CCNC(=NCC(=O)N(C)CC(F)(F)F)NCC(O)c1cc2ccccc2s1. The molecule has 1 heterocycles. The van der Waals surface area contributed by atoms with E-state index < -0.39 is 31.3 Å². The Hall–Kier alpha value is -2.33. The van der Waals surface area contributed by atoms with Crippen LogP contribution in [0.1, 0.15) is 17.9 Å². The maximum Gasteiger partial charge on any atom is 0.406 e. The molecular weight excluding hydrogens is 393 g/mol. The van der Waals surface area contributed by atoms with Gasteiger partial charge in [-0.1, -0.05) is 18.2 Å². The summed E-state index contributed by atoms with van der Waals surface area (Å²) in [5.41, 5.74) is 0. The zero-order valence-corrected chi connectivity index (χ0v) is 16.4. The molecule has 2 rings (SSSR count). The first-order valence-corrected chi connectivity index (χ1v) is 9.50. The lowest BCUT2D eigenvalue weighted by molar-refractivity contribution is -0.157. The number of hydrogen-bond donors (Lipinski definition) is 3. The summed E-state index contributed by atoms with van der Waals surface area (Å²) < 4.78 is 38.1. The molecule has 1 unspecified atom stereocenters. The number of nitrogens with one attached hydrogen (secondary N) is 2. The van der Waals surface area contributed by atoms with Crippen molar-refractivity contribution in [3.8, 4) is 0 Å². The summed E-state index contributed by atoms with van der Waals surface area (Å²) in [5.74, 6) is -0.504. The van der Waals surface area contributed by atoms with E-state index in [0.29, 0.717) is 11.4 Å². The molecule has 0 spiro atoms. The van der Waals surface area contributed by atoms with Crippen molar-refractivity contribution in [2.45, 2.75) is 19.2 Å². The molecule has 28 heavy (non-hydrogen) atoms. The second-order valence-corrected chi connectivity index (χ2v) is 7.26. The number of guanidine groups is 1. The number of aliphatic hydroxyl groups is 1. The number of halogens is 3. The number of aliphatic imine (C=N–C) groups is 1. The highest BCUT2D eigenvalue weighted by molar-refractivity contribution is 7.19. The lowest BCUT2D eigenvalue weighted by atomic mass is 10.2. The number of fused-ring (bicyclic) bond motifs is 1. The number of amides is 1.